The van der Waals surface area contributed by atoms with E-state index >= 15 is 0 Å². The van der Waals surface area contributed by atoms with Crippen molar-refractivity contribution in [1.29, 1.82) is 0 Å². The van der Waals surface area contributed by atoms with E-state index in [4.69, 9.17) is 9.15 Å². The van der Waals surface area contributed by atoms with Crippen LogP contribution >= 0.6 is 0 Å². The minimum atomic E-state index is 0.590. The minimum absolute atomic E-state index is 0.590. The molecule has 0 saturated carbocycles. The van der Waals surface area contributed by atoms with Crippen LogP contribution in [0.25, 0.3) is 0 Å². The Balaban J connectivity index is 2.25. The largest absolute Gasteiger partial charge is 0.464 e. The van der Waals surface area contributed by atoms with Crippen molar-refractivity contribution < 1.29 is 9.15 Å². The first-order valence-electron chi connectivity index (χ1n) is 7.50. The van der Waals surface area contributed by atoms with Gasteiger partial charge in [0.2, 0.25) is 0 Å². The van der Waals surface area contributed by atoms with Crippen LogP contribution in [-0.4, -0.2) is 13.2 Å². The van der Waals surface area contributed by atoms with Gasteiger partial charge in [-0.25, -0.2) is 0 Å². The van der Waals surface area contributed by atoms with Crippen LogP contribution < -0.4 is 5.32 Å². The van der Waals surface area contributed by atoms with Gasteiger partial charge in [-0.3, -0.25) is 0 Å². The second-order valence-electron chi connectivity index (χ2n) is 5.56. The average Bonchev–Trinajstić information content (AvgIpc) is 2.70. The Morgan fingerprint density at radius 3 is 2.84 bits per heavy atom. The summed E-state index contributed by atoms with van der Waals surface area (Å²) in [5.74, 6) is 2.70. The third kappa shape index (κ3) is 6.79. The van der Waals surface area contributed by atoms with Gasteiger partial charge < -0.3 is 14.5 Å². The van der Waals surface area contributed by atoms with Gasteiger partial charge >= 0.3 is 0 Å². The molecule has 1 heterocycles. The molecule has 0 bridgehead atoms. The van der Waals surface area contributed by atoms with Gasteiger partial charge in [0.05, 0.1) is 0 Å². The predicted molar refractivity (Wildman–Crippen MR) is 79.2 cm³/mol. The van der Waals surface area contributed by atoms with Gasteiger partial charge in [0, 0.05) is 18.7 Å². The normalized spacial score (nSPS) is 11.4. The summed E-state index contributed by atoms with van der Waals surface area (Å²) >= 11 is 0. The molecule has 0 amide bonds. The highest BCUT2D eigenvalue weighted by Gasteiger charge is 2.07. The van der Waals surface area contributed by atoms with E-state index in [1.54, 1.807) is 0 Å². The molecule has 19 heavy (non-hydrogen) atoms. The predicted octanol–water partition coefficient (Wildman–Crippen LogP) is 4.04. The maximum Gasteiger partial charge on any atom is 0.130 e. The van der Waals surface area contributed by atoms with Gasteiger partial charge in [0.1, 0.15) is 18.1 Å². The summed E-state index contributed by atoms with van der Waals surface area (Å²) < 4.78 is 11.4. The molecule has 1 rings (SSSR count). The highest BCUT2D eigenvalue weighted by atomic mass is 16.5. The quantitative estimate of drug-likeness (QED) is 0.650. The van der Waals surface area contributed by atoms with Crippen LogP contribution in [0.3, 0.4) is 0 Å². The van der Waals surface area contributed by atoms with Gasteiger partial charge in [-0.2, -0.15) is 0 Å². The second kappa shape index (κ2) is 9.16. The Morgan fingerprint density at radius 1 is 1.37 bits per heavy atom. The van der Waals surface area contributed by atoms with Gasteiger partial charge in [0.15, 0.2) is 0 Å². The van der Waals surface area contributed by atoms with Crippen LogP contribution in [0.4, 0.5) is 0 Å². The zero-order valence-corrected chi connectivity index (χ0v) is 12.9. The number of aryl methyl sites for hydroxylation is 1. The molecule has 0 aliphatic heterocycles. The molecule has 0 saturated heterocycles. The number of rotatable bonds is 10. The molecule has 0 radical (unpaired) electrons. The van der Waals surface area contributed by atoms with Crippen molar-refractivity contribution in [3.8, 4) is 0 Å². The average molecular weight is 267 g/mol. The van der Waals surface area contributed by atoms with Gasteiger partial charge in [-0.15, -0.1) is 0 Å². The van der Waals surface area contributed by atoms with E-state index in [0.29, 0.717) is 6.61 Å². The number of hydrogen-bond donors (Lipinski definition) is 1. The van der Waals surface area contributed by atoms with E-state index in [0.717, 1.165) is 50.0 Å². The smallest absolute Gasteiger partial charge is 0.130 e. The summed E-state index contributed by atoms with van der Waals surface area (Å²) in [6.45, 7) is 12.0. The molecule has 0 aliphatic carbocycles. The van der Waals surface area contributed by atoms with E-state index in [2.05, 4.69) is 32.2 Å². The van der Waals surface area contributed by atoms with E-state index < -0.39 is 0 Å². The highest BCUT2D eigenvalue weighted by molar-refractivity contribution is 5.20. The first-order chi connectivity index (χ1) is 9.13. The van der Waals surface area contributed by atoms with Crippen LogP contribution in [0.1, 0.15) is 57.1 Å². The van der Waals surface area contributed by atoms with Crippen molar-refractivity contribution >= 4 is 0 Å². The standard InChI is InChI=1S/C16H29NO2/c1-5-8-17-11-15-10-16(19-14(15)4)12-18-9-6-7-13(2)3/h10,13,17H,5-9,11-12H2,1-4H3. The zero-order valence-electron chi connectivity index (χ0n) is 12.9. The molecule has 0 aromatic carbocycles. The van der Waals surface area contributed by atoms with Crippen molar-refractivity contribution in [3.05, 3.63) is 23.2 Å². The van der Waals surface area contributed by atoms with Crippen LogP contribution in [-0.2, 0) is 17.9 Å². The Morgan fingerprint density at radius 2 is 2.16 bits per heavy atom. The molecule has 0 atom stereocenters. The molecule has 1 N–H and O–H groups in total. The number of nitrogens with one attached hydrogen (secondary N) is 1. The molecular formula is C16H29NO2. The summed E-state index contributed by atoms with van der Waals surface area (Å²) in [5, 5.41) is 3.39. The van der Waals surface area contributed by atoms with Crippen molar-refractivity contribution in [3.63, 3.8) is 0 Å². The van der Waals surface area contributed by atoms with E-state index in [-0.39, 0.29) is 0 Å². The topological polar surface area (TPSA) is 34.4 Å². The van der Waals surface area contributed by atoms with Crippen LogP contribution in [0.2, 0.25) is 0 Å². The van der Waals surface area contributed by atoms with Crippen molar-refractivity contribution in [2.24, 2.45) is 5.92 Å². The number of furan rings is 1. The molecule has 1 aromatic rings. The maximum atomic E-state index is 5.71. The highest BCUT2D eigenvalue weighted by Crippen LogP contribution is 2.15. The maximum absolute atomic E-state index is 5.71. The molecule has 0 fully saturated rings. The second-order valence-corrected chi connectivity index (χ2v) is 5.56. The lowest BCUT2D eigenvalue weighted by atomic mass is 10.1. The third-order valence-corrected chi connectivity index (χ3v) is 3.13. The van der Waals surface area contributed by atoms with Crippen LogP contribution in [0.15, 0.2) is 10.5 Å². The summed E-state index contributed by atoms with van der Waals surface area (Å²) in [5.41, 5.74) is 1.24. The first kappa shape index (κ1) is 16.3. The minimum Gasteiger partial charge on any atom is -0.464 e. The molecule has 3 nitrogen and oxygen atoms in total. The Hall–Kier alpha value is -0.800. The fourth-order valence-electron chi connectivity index (χ4n) is 2.00. The molecule has 1 aromatic heterocycles. The summed E-state index contributed by atoms with van der Waals surface area (Å²) in [6.07, 6.45) is 3.51. The van der Waals surface area contributed by atoms with Crippen molar-refractivity contribution in [2.45, 2.75) is 60.1 Å². The van der Waals surface area contributed by atoms with Crippen molar-refractivity contribution in [1.82, 2.24) is 5.32 Å². The molecule has 110 valence electrons. The van der Waals surface area contributed by atoms with E-state index in [1.807, 2.05) is 6.92 Å². The first-order valence-corrected chi connectivity index (χ1v) is 7.50. The van der Waals surface area contributed by atoms with E-state index in [9.17, 15) is 0 Å². The SMILES string of the molecule is CCCNCc1cc(COCCCC(C)C)oc1C. The summed E-state index contributed by atoms with van der Waals surface area (Å²) in [6, 6.07) is 2.11. The van der Waals surface area contributed by atoms with E-state index in [1.165, 1.54) is 12.0 Å². The summed E-state index contributed by atoms with van der Waals surface area (Å²) in [7, 11) is 0. The number of ether oxygens (including phenoxy) is 1. The van der Waals surface area contributed by atoms with Crippen LogP contribution in [0, 0.1) is 12.8 Å². The fourth-order valence-corrected chi connectivity index (χ4v) is 2.00. The molecule has 0 aliphatic rings. The zero-order chi connectivity index (χ0) is 14.1. The fraction of sp³-hybridized carbons (Fsp3) is 0.750. The summed E-state index contributed by atoms with van der Waals surface area (Å²) in [4.78, 5) is 0. The van der Waals surface area contributed by atoms with Gasteiger partial charge in [-0.05, 0) is 44.7 Å². The molecular weight excluding hydrogens is 238 g/mol. The Bertz CT molecular complexity index is 345. The third-order valence-electron chi connectivity index (χ3n) is 3.13. The monoisotopic (exact) mass is 267 g/mol. The molecule has 3 heteroatoms. The van der Waals surface area contributed by atoms with Crippen molar-refractivity contribution in [2.75, 3.05) is 13.2 Å². The van der Waals surface area contributed by atoms with Crippen LogP contribution in [0.5, 0.6) is 0 Å². The molecule has 0 unspecified atom stereocenters. The Labute approximate surface area is 117 Å². The lowest BCUT2D eigenvalue weighted by Crippen LogP contribution is -2.13. The molecule has 0 spiro atoms. The van der Waals surface area contributed by atoms with Gasteiger partial charge in [-0.1, -0.05) is 20.8 Å². The lowest BCUT2D eigenvalue weighted by Gasteiger charge is -2.04. The lowest BCUT2D eigenvalue weighted by molar-refractivity contribution is 0.100. The Kier molecular flexibility index (Phi) is 7.84. The number of hydrogen-bond acceptors (Lipinski definition) is 3. The van der Waals surface area contributed by atoms with Gasteiger partial charge in [0.25, 0.3) is 0 Å².